The molecule has 0 radical (unpaired) electrons. The molecule has 3 aliphatic carbocycles. The van der Waals surface area contributed by atoms with E-state index in [1.807, 2.05) is 20.8 Å². The Kier molecular flexibility index (Phi) is 10.8. The third-order valence-corrected chi connectivity index (χ3v) is 10.0. The molecule has 0 aliphatic heterocycles. The number of amides is 2. The Hall–Kier alpha value is -4.37. The van der Waals surface area contributed by atoms with E-state index < -0.39 is 99.3 Å². The van der Waals surface area contributed by atoms with Crippen molar-refractivity contribution in [3.05, 3.63) is 22.8 Å². The van der Waals surface area contributed by atoms with Crippen molar-refractivity contribution in [2.45, 2.75) is 85.8 Å². The molecular formula is C37H52N4O11. The molecule has 2 fully saturated rings. The van der Waals surface area contributed by atoms with Crippen LogP contribution in [0.2, 0.25) is 0 Å². The average Bonchev–Trinajstić information content (AvgIpc) is 2.98. The van der Waals surface area contributed by atoms with E-state index in [-0.39, 0.29) is 37.1 Å². The standard InChI is InChI=1S/C37H52N4O11/c1-17(51-33(48)36(5,6)7)52-34(49)41(16-35(2,3)4)15-19-14-22(39(8)9)20-12-18-13-21-26(40(10)11)29(44)25(32(38)47)31(46)37(21,50)30(45)23(18)28(43)24(20)27(19)42/h14,17-18,21,23,25-26,42,50H,12-13,15-16H2,1-11H3,(H2,38,47)/t17?,18-,21-,23?,25?,26-,37-/m0/s1. The molecule has 0 aromatic heterocycles. The van der Waals surface area contributed by atoms with E-state index in [9.17, 15) is 43.8 Å². The largest absolute Gasteiger partial charge is 0.507 e. The smallest absolute Gasteiger partial charge is 0.413 e. The number of ketones is 4. The average molecular weight is 729 g/mol. The number of hydrogen-bond acceptors (Lipinski definition) is 13. The van der Waals surface area contributed by atoms with E-state index in [1.54, 1.807) is 45.8 Å². The summed E-state index contributed by atoms with van der Waals surface area (Å²) in [6.07, 6.45) is -2.08. The fourth-order valence-corrected chi connectivity index (χ4v) is 7.76. The van der Waals surface area contributed by atoms with Crippen LogP contribution >= 0.6 is 0 Å². The number of Topliss-reactive ketones (excluding diaryl/α,β-unsaturated/α-hetero) is 4. The molecule has 52 heavy (non-hydrogen) atoms. The number of rotatable bonds is 8. The van der Waals surface area contributed by atoms with Gasteiger partial charge in [0.25, 0.3) is 0 Å². The van der Waals surface area contributed by atoms with Gasteiger partial charge in [0.2, 0.25) is 12.2 Å². The maximum atomic E-state index is 14.5. The summed E-state index contributed by atoms with van der Waals surface area (Å²) >= 11 is 0. The monoisotopic (exact) mass is 728 g/mol. The molecule has 3 aliphatic rings. The Morgan fingerprint density at radius 2 is 1.60 bits per heavy atom. The molecule has 15 nitrogen and oxygen atoms in total. The lowest BCUT2D eigenvalue weighted by atomic mass is 9.52. The fourth-order valence-electron chi connectivity index (χ4n) is 7.76. The van der Waals surface area contributed by atoms with Gasteiger partial charge in [-0.2, -0.15) is 0 Å². The number of fused-ring (bicyclic) bond motifs is 3. The van der Waals surface area contributed by atoms with Crippen molar-refractivity contribution in [1.29, 1.82) is 0 Å². The molecule has 15 heteroatoms. The molecule has 0 heterocycles. The van der Waals surface area contributed by atoms with Crippen LogP contribution in [-0.2, 0) is 46.4 Å². The number of primary amides is 1. The number of phenols is 1. The Bertz CT molecular complexity index is 1710. The molecule has 1 aromatic carbocycles. The number of carbonyl (C=O) groups excluding carboxylic acids is 7. The zero-order chi connectivity index (χ0) is 39.6. The van der Waals surface area contributed by atoms with Gasteiger partial charge in [-0.05, 0) is 70.7 Å². The van der Waals surface area contributed by atoms with Crippen LogP contribution in [0.15, 0.2) is 6.07 Å². The summed E-state index contributed by atoms with van der Waals surface area (Å²) < 4.78 is 10.8. The maximum absolute atomic E-state index is 14.5. The highest BCUT2D eigenvalue weighted by atomic mass is 16.7. The van der Waals surface area contributed by atoms with E-state index in [0.717, 1.165) is 0 Å². The number of aliphatic hydroxyl groups is 1. The van der Waals surface area contributed by atoms with E-state index in [1.165, 1.54) is 30.8 Å². The van der Waals surface area contributed by atoms with Crippen LogP contribution in [0.25, 0.3) is 0 Å². The number of carbonyl (C=O) groups is 7. The summed E-state index contributed by atoms with van der Waals surface area (Å²) in [5.74, 6) is -12.2. The Labute approximate surface area is 303 Å². The first-order valence-corrected chi connectivity index (χ1v) is 17.3. The number of likely N-dealkylation sites (N-methyl/N-ethyl adjacent to an activating group) is 1. The number of nitrogens with zero attached hydrogens (tertiary/aromatic N) is 3. The van der Waals surface area contributed by atoms with E-state index >= 15 is 0 Å². The molecule has 3 unspecified atom stereocenters. The van der Waals surface area contributed by atoms with E-state index in [0.29, 0.717) is 11.3 Å². The molecule has 0 bridgehead atoms. The second-order valence-electron chi connectivity index (χ2n) is 17.0. The minimum Gasteiger partial charge on any atom is -0.507 e. The number of phenolic OH excluding ortho intramolecular Hbond substituents is 1. The minimum absolute atomic E-state index is 0.0809. The number of ether oxygens (including phenoxy) is 2. The first-order chi connectivity index (χ1) is 23.7. The predicted octanol–water partition coefficient (Wildman–Crippen LogP) is 1.85. The van der Waals surface area contributed by atoms with Crippen molar-refractivity contribution < 1.29 is 53.2 Å². The Balaban J connectivity index is 1.78. The van der Waals surface area contributed by atoms with E-state index in [2.05, 4.69) is 0 Å². The second kappa shape index (κ2) is 13.9. The van der Waals surface area contributed by atoms with Gasteiger partial charge in [-0.1, -0.05) is 20.8 Å². The van der Waals surface area contributed by atoms with Gasteiger partial charge in [0, 0.05) is 44.7 Å². The minimum atomic E-state index is -2.85. The van der Waals surface area contributed by atoms with Crippen LogP contribution in [-0.4, -0.2) is 114 Å². The predicted molar refractivity (Wildman–Crippen MR) is 187 cm³/mol. The first-order valence-electron chi connectivity index (χ1n) is 17.3. The Morgan fingerprint density at radius 3 is 2.10 bits per heavy atom. The summed E-state index contributed by atoms with van der Waals surface area (Å²) in [5, 5.41) is 23.7. The number of anilines is 1. The number of aromatic hydroxyl groups is 1. The van der Waals surface area contributed by atoms with Crippen molar-refractivity contribution in [2.24, 2.45) is 40.2 Å². The number of esters is 1. The molecular weight excluding hydrogens is 676 g/mol. The third kappa shape index (κ3) is 7.16. The fraction of sp³-hybridized carbons (Fsp3) is 0.649. The zero-order valence-corrected chi connectivity index (χ0v) is 31.9. The normalized spacial score (nSPS) is 26.6. The lowest BCUT2D eigenvalue weighted by molar-refractivity contribution is -0.181. The molecule has 4 rings (SSSR count). The number of nitrogens with two attached hydrogens (primary N) is 1. The molecule has 2 saturated carbocycles. The molecule has 0 spiro atoms. The second-order valence-corrected chi connectivity index (χ2v) is 17.0. The zero-order valence-electron chi connectivity index (χ0n) is 31.9. The van der Waals surface area contributed by atoms with Crippen LogP contribution in [0, 0.1) is 34.5 Å². The summed E-state index contributed by atoms with van der Waals surface area (Å²) in [4.78, 5) is 98.5. The van der Waals surface area contributed by atoms with Crippen molar-refractivity contribution in [3.8, 4) is 5.75 Å². The first kappa shape index (κ1) is 40.4. The van der Waals surface area contributed by atoms with Gasteiger partial charge < -0.3 is 35.2 Å². The van der Waals surface area contributed by atoms with E-state index in [4.69, 9.17) is 15.2 Å². The molecule has 1 aromatic rings. The summed E-state index contributed by atoms with van der Waals surface area (Å²) in [6, 6.07) is 0.432. The molecule has 0 saturated heterocycles. The van der Waals surface area contributed by atoms with Crippen LogP contribution in [0.5, 0.6) is 5.75 Å². The van der Waals surface area contributed by atoms with Gasteiger partial charge in [0.15, 0.2) is 34.7 Å². The van der Waals surface area contributed by atoms with Gasteiger partial charge >= 0.3 is 12.1 Å². The van der Waals surface area contributed by atoms with Gasteiger partial charge in [-0.15, -0.1) is 0 Å². The molecule has 7 atom stereocenters. The maximum Gasteiger partial charge on any atom is 0.413 e. The van der Waals surface area contributed by atoms with Gasteiger partial charge in [0.1, 0.15) is 5.75 Å². The molecule has 286 valence electrons. The summed E-state index contributed by atoms with van der Waals surface area (Å²) in [5.41, 5.74) is 2.16. The van der Waals surface area contributed by atoms with Crippen LogP contribution in [0.4, 0.5) is 10.5 Å². The molecule has 2 amide bonds. The quantitative estimate of drug-likeness (QED) is 0.198. The van der Waals surface area contributed by atoms with Crippen LogP contribution in [0.3, 0.4) is 0 Å². The van der Waals surface area contributed by atoms with Crippen molar-refractivity contribution in [1.82, 2.24) is 9.80 Å². The van der Waals surface area contributed by atoms with Crippen molar-refractivity contribution >= 4 is 46.8 Å². The lowest BCUT2D eigenvalue weighted by Gasteiger charge is -2.52. The van der Waals surface area contributed by atoms with Crippen molar-refractivity contribution in [2.75, 3.05) is 39.6 Å². The van der Waals surface area contributed by atoms with Gasteiger partial charge in [0.05, 0.1) is 29.5 Å². The topological polar surface area (TPSA) is 214 Å². The van der Waals surface area contributed by atoms with Crippen LogP contribution < -0.4 is 10.6 Å². The highest BCUT2D eigenvalue weighted by molar-refractivity contribution is 6.32. The number of hydrogen-bond donors (Lipinski definition) is 3. The Morgan fingerprint density at radius 1 is 1.00 bits per heavy atom. The highest BCUT2D eigenvalue weighted by Gasteiger charge is 2.69. The van der Waals surface area contributed by atoms with Crippen LogP contribution in [0.1, 0.15) is 76.4 Å². The van der Waals surface area contributed by atoms with Gasteiger partial charge in [-0.25, -0.2) is 4.79 Å². The molecule has 4 N–H and O–H groups in total. The van der Waals surface area contributed by atoms with Gasteiger partial charge in [-0.3, -0.25) is 33.7 Å². The summed E-state index contributed by atoms with van der Waals surface area (Å²) in [7, 11) is 6.51. The highest BCUT2D eigenvalue weighted by Crippen LogP contribution is 2.52. The van der Waals surface area contributed by atoms with Crippen molar-refractivity contribution in [3.63, 3.8) is 0 Å². The lowest BCUT2D eigenvalue weighted by Crippen LogP contribution is -2.74. The summed E-state index contributed by atoms with van der Waals surface area (Å²) in [6.45, 7) is 11.9. The number of benzene rings is 1. The third-order valence-electron chi connectivity index (χ3n) is 10.0. The SMILES string of the molecule is CC(OC(=O)N(Cc1cc(N(C)C)c2c(c1O)C(=O)C1C(=O)[C@]3(O)C(=O)C(C(N)=O)C(=O)[C@@H](N(C)C)[C@@H]3C[C@@H]1C2)CC(C)(C)C)OC(=O)C(C)(C)C.